The van der Waals surface area contributed by atoms with Crippen molar-refractivity contribution in [3.63, 3.8) is 0 Å². The van der Waals surface area contributed by atoms with Gasteiger partial charge >= 0.3 is 0 Å². The fourth-order valence-electron chi connectivity index (χ4n) is 2.62. The number of rotatable bonds is 4. The van der Waals surface area contributed by atoms with Crippen LogP contribution in [0.4, 0.5) is 8.78 Å². The van der Waals surface area contributed by atoms with Crippen molar-refractivity contribution in [2.24, 2.45) is 0 Å². The Kier molecular flexibility index (Phi) is 3.98. The molecule has 1 aliphatic carbocycles. The molecule has 0 radical (unpaired) electrons. The Balaban J connectivity index is 1.60. The molecule has 2 fully saturated rings. The molecule has 1 aliphatic heterocycles. The van der Waals surface area contributed by atoms with Crippen LogP contribution in [0.1, 0.15) is 18.4 Å². The summed E-state index contributed by atoms with van der Waals surface area (Å²) in [6.07, 6.45) is 1.52. The van der Waals surface area contributed by atoms with Crippen molar-refractivity contribution in [1.29, 1.82) is 0 Å². The number of piperazine rings is 1. The van der Waals surface area contributed by atoms with Crippen LogP contribution in [0.25, 0.3) is 0 Å². The lowest BCUT2D eigenvalue weighted by molar-refractivity contribution is 0.179. The summed E-state index contributed by atoms with van der Waals surface area (Å²) >= 11 is 0. The van der Waals surface area contributed by atoms with Gasteiger partial charge in [-0.05, 0) is 31.0 Å². The van der Waals surface area contributed by atoms with Crippen molar-refractivity contribution in [2.75, 3.05) is 26.2 Å². The van der Waals surface area contributed by atoms with E-state index in [1.54, 1.807) is 0 Å². The summed E-state index contributed by atoms with van der Waals surface area (Å²) in [5.41, 5.74) is 0.313. The molecule has 0 amide bonds. The van der Waals surface area contributed by atoms with Crippen molar-refractivity contribution in [2.45, 2.75) is 24.6 Å². The van der Waals surface area contributed by atoms with Gasteiger partial charge in [-0.1, -0.05) is 0 Å². The first-order valence-corrected chi connectivity index (χ1v) is 8.62. The molecule has 1 aromatic rings. The van der Waals surface area contributed by atoms with Crippen LogP contribution in [-0.2, 0) is 16.6 Å². The second kappa shape index (κ2) is 5.62. The minimum Gasteiger partial charge on any atom is -0.296 e. The maximum Gasteiger partial charge on any atom is 0.217 e. The van der Waals surface area contributed by atoms with Crippen molar-refractivity contribution >= 4 is 10.0 Å². The number of hydrogen-bond donors (Lipinski definition) is 0. The Morgan fingerprint density at radius 1 is 1.10 bits per heavy atom. The van der Waals surface area contributed by atoms with E-state index in [0.717, 1.165) is 25.0 Å². The van der Waals surface area contributed by atoms with Crippen LogP contribution in [0.3, 0.4) is 0 Å². The first kappa shape index (κ1) is 14.9. The maximum atomic E-state index is 13.6. The van der Waals surface area contributed by atoms with Gasteiger partial charge in [0, 0.05) is 38.3 Å². The van der Waals surface area contributed by atoms with Gasteiger partial charge in [0.1, 0.15) is 11.6 Å². The van der Waals surface area contributed by atoms with Gasteiger partial charge in [-0.25, -0.2) is 17.2 Å². The van der Waals surface area contributed by atoms with Gasteiger partial charge in [-0.2, -0.15) is 4.31 Å². The summed E-state index contributed by atoms with van der Waals surface area (Å²) in [7, 11) is -3.13. The first-order valence-electron chi connectivity index (χ1n) is 7.12. The summed E-state index contributed by atoms with van der Waals surface area (Å²) in [4.78, 5) is 1.96. The van der Waals surface area contributed by atoms with E-state index in [2.05, 4.69) is 0 Å². The number of nitrogens with zero attached hydrogens (tertiary/aromatic N) is 2. The highest BCUT2D eigenvalue weighted by Crippen LogP contribution is 2.31. The van der Waals surface area contributed by atoms with Gasteiger partial charge in [-0.3, -0.25) is 4.90 Å². The van der Waals surface area contributed by atoms with Crippen LogP contribution >= 0.6 is 0 Å². The minimum absolute atomic E-state index is 0.190. The predicted octanol–water partition coefficient (Wildman–Crippen LogP) is 1.57. The molecule has 1 saturated heterocycles. The first-order chi connectivity index (χ1) is 9.96. The van der Waals surface area contributed by atoms with Gasteiger partial charge in [0.15, 0.2) is 0 Å². The largest absolute Gasteiger partial charge is 0.296 e. The van der Waals surface area contributed by atoms with Crippen molar-refractivity contribution < 1.29 is 17.2 Å². The molecular formula is C14H18F2N2O2S. The molecule has 1 heterocycles. The van der Waals surface area contributed by atoms with E-state index in [1.165, 1.54) is 10.4 Å². The Bertz CT molecular complexity index is 624. The Labute approximate surface area is 123 Å². The highest BCUT2D eigenvalue weighted by Gasteiger charge is 2.40. The SMILES string of the molecule is O=S(=O)(C1CC1)N1CCN(Cc2cc(F)ccc2F)CC1. The third kappa shape index (κ3) is 3.25. The molecule has 7 heteroatoms. The molecule has 0 atom stereocenters. The highest BCUT2D eigenvalue weighted by molar-refractivity contribution is 7.90. The molecular weight excluding hydrogens is 298 g/mol. The fourth-order valence-corrected chi connectivity index (χ4v) is 4.45. The van der Waals surface area contributed by atoms with Crippen molar-refractivity contribution in [3.8, 4) is 0 Å². The molecule has 21 heavy (non-hydrogen) atoms. The smallest absolute Gasteiger partial charge is 0.217 e. The normalized spacial score (nSPS) is 21.6. The van der Waals surface area contributed by atoms with E-state index < -0.39 is 21.7 Å². The molecule has 1 saturated carbocycles. The number of halogens is 2. The number of hydrogen-bond acceptors (Lipinski definition) is 3. The third-order valence-electron chi connectivity index (χ3n) is 4.04. The lowest BCUT2D eigenvalue weighted by atomic mass is 10.2. The molecule has 3 rings (SSSR count). The van der Waals surface area contributed by atoms with Crippen LogP contribution in [0.5, 0.6) is 0 Å². The average Bonchev–Trinajstić information content (AvgIpc) is 3.28. The minimum atomic E-state index is -3.13. The van der Waals surface area contributed by atoms with E-state index in [0.29, 0.717) is 38.3 Å². The summed E-state index contributed by atoms with van der Waals surface area (Å²) in [6, 6.07) is 3.42. The zero-order valence-corrected chi connectivity index (χ0v) is 12.5. The van der Waals surface area contributed by atoms with E-state index in [1.807, 2.05) is 4.90 Å². The topological polar surface area (TPSA) is 40.6 Å². The fraction of sp³-hybridized carbons (Fsp3) is 0.571. The Hall–Kier alpha value is -1.05. The molecule has 2 aliphatic rings. The van der Waals surface area contributed by atoms with E-state index >= 15 is 0 Å². The molecule has 116 valence electrons. The van der Waals surface area contributed by atoms with Crippen molar-refractivity contribution in [3.05, 3.63) is 35.4 Å². The second-order valence-electron chi connectivity index (χ2n) is 5.66. The molecule has 0 N–H and O–H groups in total. The third-order valence-corrected chi connectivity index (χ3v) is 6.44. The predicted molar refractivity (Wildman–Crippen MR) is 75.1 cm³/mol. The summed E-state index contributed by atoms with van der Waals surface area (Å²) in [5, 5.41) is -0.190. The Morgan fingerprint density at radius 2 is 1.76 bits per heavy atom. The number of sulfonamides is 1. The van der Waals surface area contributed by atoms with E-state index in [9.17, 15) is 17.2 Å². The van der Waals surface area contributed by atoms with Crippen molar-refractivity contribution in [1.82, 2.24) is 9.21 Å². The lowest BCUT2D eigenvalue weighted by Crippen LogP contribution is -2.49. The van der Waals surface area contributed by atoms with Gasteiger partial charge < -0.3 is 0 Å². The zero-order chi connectivity index (χ0) is 15.0. The molecule has 0 spiro atoms. The highest BCUT2D eigenvalue weighted by atomic mass is 32.2. The van der Waals surface area contributed by atoms with Gasteiger partial charge in [0.05, 0.1) is 5.25 Å². The van der Waals surface area contributed by atoms with Crippen LogP contribution in [0.15, 0.2) is 18.2 Å². The molecule has 0 aromatic heterocycles. The average molecular weight is 316 g/mol. The zero-order valence-electron chi connectivity index (χ0n) is 11.6. The standard InChI is InChI=1S/C14H18F2N2O2S/c15-12-1-4-14(16)11(9-12)10-17-5-7-18(8-6-17)21(19,20)13-2-3-13/h1,4,9,13H,2-3,5-8,10H2. The van der Waals surface area contributed by atoms with Crippen LogP contribution in [0.2, 0.25) is 0 Å². The van der Waals surface area contributed by atoms with E-state index in [4.69, 9.17) is 0 Å². The van der Waals surface area contributed by atoms with Gasteiger partial charge in [0.2, 0.25) is 10.0 Å². The maximum absolute atomic E-state index is 13.6. The molecule has 0 unspecified atom stereocenters. The number of benzene rings is 1. The van der Waals surface area contributed by atoms with Gasteiger partial charge in [0.25, 0.3) is 0 Å². The van der Waals surface area contributed by atoms with Gasteiger partial charge in [-0.15, -0.1) is 0 Å². The molecule has 1 aromatic carbocycles. The second-order valence-corrected chi connectivity index (χ2v) is 7.87. The lowest BCUT2D eigenvalue weighted by Gasteiger charge is -2.34. The Morgan fingerprint density at radius 3 is 2.38 bits per heavy atom. The summed E-state index contributed by atoms with van der Waals surface area (Å²) in [5.74, 6) is -0.884. The summed E-state index contributed by atoms with van der Waals surface area (Å²) in [6.45, 7) is 2.25. The quantitative estimate of drug-likeness (QED) is 0.847. The summed E-state index contributed by atoms with van der Waals surface area (Å²) < 4.78 is 52.5. The van der Waals surface area contributed by atoms with Crippen LogP contribution in [-0.4, -0.2) is 49.1 Å². The van der Waals surface area contributed by atoms with E-state index in [-0.39, 0.29) is 5.25 Å². The van der Waals surface area contributed by atoms with Crippen LogP contribution in [0, 0.1) is 11.6 Å². The van der Waals surface area contributed by atoms with Crippen LogP contribution < -0.4 is 0 Å². The molecule has 4 nitrogen and oxygen atoms in total. The molecule has 0 bridgehead atoms. The monoisotopic (exact) mass is 316 g/mol.